The summed E-state index contributed by atoms with van der Waals surface area (Å²) in [6.45, 7) is 7.53. The maximum absolute atomic E-state index is 11.3. The summed E-state index contributed by atoms with van der Waals surface area (Å²) < 4.78 is 0. The number of aryl methyl sites for hydroxylation is 1. The van der Waals surface area contributed by atoms with Gasteiger partial charge in [0.1, 0.15) is 5.82 Å². The van der Waals surface area contributed by atoms with Crippen molar-refractivity contribution in [3.05, 3.63) is 41.6 Å². The van der Waals surface area contributed by atoms with Gasteiger partial charge in [-0.25, -0.2) is 14.8 Å². The Kier molecular flexibility index (Phi) is 4.52. The van der Waals surface area contributed by atoms with Crippen LogP contribution in [0.15, 0.2) is 30.3 Å². The third-order valence-corrected chi connectivity index (χ3v) is 3.30. The lowest BCUT2D eigenvalue weighted by Crippen LogP contribution is -2.24. The first-order valence-corrected chi connectivity index (χ1v) is 6.99. The van der Waals surface area contributed by atoms with Crippen molar-refractivity contribution in [2.75, 3.05) is 18.0 Å². The summed E-state index contributed by atoms with van der Waals surface area (Å²) in [7, 11) is 0. The van der Waals surface area contributed by atoms with Crippen LogP contribution in [0.4, 0.5) is 5.82 Å². The van der Waals surface area contributed by atoms with E-state index >= 15 is 0 Å². The van der Waals surface area contributed by atoms with Gasteiger partial charge in [0.2, 0.25) is 0 Å². The van der Waals surface area contributed by atoms with Crippen molar-refractivity contribution in [2.24, 2.45) is 0 Å². The zero-order valence-corrected chi connectivity index (χ0v) is 12.5. The van der Waals surface area contributed by atoms with Crippen LogP contribution >= 0.6 is 0 Å². The largest absolute Gasteiger partial charge is 0.477 e. The Labute approximate surface area is 124 Å². The molecule has 110 valence electrons. The molecule has 0 spiro atoms. The van der Waals surface area contributed by atoms with E-state index in [4.69, 9.17) is 0 Å². The minimum Gasteiger partial charge on any atom is -0.477 e. The van der Waals surface area contributed by atoms with Crippen LogP contribution in [0.5, 0.6) is 0 Å². The molecule has 5 heteroatoms. The number of carboxylic acids is 1. The SMILES string of the molecule is CCN(CC)c1cc(C(=O)O)nc(-c2cccc(C)c2)n1. The van der Waals surface area contributed by atoms with E-state index in [9.17, 15) is 9.90 Å². The first-order valence-electron chi connectivity index (χ1n) is 6.99. The molecular formula is C16H19N3O2. The number of carbonyl (C=O) groups is 1. The van der Waals surface area contributed by atoms with Gasteiger partial charge in [-0.15, -0.1) is 0 Å². The van der Waals surface area contributed by atoms with Crippen LogP contribution in [-0.4, -0.2) is 34.1 Å². The van der Waals surface area contributed by atoms with E-state index in [0.717, 1.165) is 24.2 Å². The molecule has 1 heterocycles. The first kappa shape index (κ1) is 15.0. The normalized spacial score (nSPS) is 10.4. The van der Waals surface area contributed by atoms with Gasteiger partial charge in [-0.2, -0.15) is 0 Å². The highest BCUT2D eigenvalue weighted by molar-refractivity contribution is 5.87. The van der Waals surface area contributed by atoms with Crippen LogP contribution in [0.2, 0.25) is 0 Å². The van der Waals surface area contributed by atoms with Crippen molar-refractivity contribution in [1.82, 2.24) is 9.97 Å². The highest BCUT2D eigenvalue weighted by Gasteiger charge is 2.14. The third-order valence-electron chi connectivity index (χ3n) is 3.30. The average molecular weight is 285 g/mol. The molecule has 1 aromatic heterocycles. The molecule has 21 heavy (non-hydrogen) atoms. The molecule has 1 aromatic carbocycles. The Balaban J connectivity index is 2.57. The molecule has 0 radical (unpaired) electrons. The summed E-state index contributed by atoms with van der Waals surface area (Å²) in [4.78, 5) is 22.0. The van der Waals surface area contributed by atoms with Gasteiger partial charge in [-0.3, -0.25) is 0 Å². The van der Waals surface area contributed by atoms with E-state index < -0.39 is 5.97 Å². The predicted molar refractivity (Wildman–Crippen MR) is 82.7 cm³/mol. The van der Waals surface area contributed by atoms with Crippen molar-refractivity contribution in [3.8, 4) is 11.4 Å². The van der Waals surface area contributed by atoms with Gasteiger partial charge in [0, 0.05) is 24.7 Å². The Morgan fingerprint density at radius 2 is 1.90 bits per heavy atom. The Morgan fingerprint density at radius 1 is 1.19 bits per heavy atom. The summed E-state index contributed by atoms with van der Waals surface area (Å²) in [5.74, 6) is 0.0455. The van der Waals surface area contributed by atoms with E-state index in [-0.39, 0.29) is 5.69 Å². The van der Waals surface area contributed by atoms with Crippen molar-refractivity contribution >= 4 is 11.8 Å². The van der Waals surface area contributed by atoms with Gasteiger partial charge >= 0.3 is 5.97 Å². The average Bonchev–Trinajstić information content (AvgIpc) is 2.48. The Hall–Kier alpha value is -2.43. The van der Waals surface area contributed by atoms with Crippen molar-refractivity contribution in [2.45, 2.75) is 20.8 Å². The predicted octanol–water partition coefficient (Wildman–Crippen LogP) is 3.00. The quantitative estimate of drug-likeness (QED) is 0.914. The first-order chi connectivity index (χ1) is 10.0. The molecule has 0 fully saturated rings. The lowest BCUT2D eigenvalue weighted by molar-refractivity contribution is 0.0690. The maximum atomic E-state index is 11.3. The third kappa shape index (κ3) is 3.37. The summed E-state index contributed by atoms with van der Waals surface area (Å²) in [5, 5.41) is 9.25. The Bertz CT molecular complexity index is 652. The molecule has 0 amide bonds. The monoisotopic (exact) mass is 285 g/mol. The van der Waals surface area contributed by atoms with E-state index in [1.54, 1.807) is 0 Å². The van der Waals surface area contributed by atoms with Gasteiger partial charge in [0.15, 0.2) is 11.5 Å². The smallest absolute Gasteiger partial charge is 0.354 e. The maximum Gasteiger partial charge on any atom is 0.354 e. The second kappa shape index (κ2) is 6.35. The van der Waals surface area contributed by atoms with Crippen LogP contribution < -0.4 is 4.90 Å². The highest BCUT2D eigenvalue weighted by atomic mass is 16.4. The second-order valence-electron chi connectivity index (χ2n) is 4.78. The number of carboxylic acid groups (broad SMARTS) is 1. The van der Waals surface area contributed by atoms with Crippen LogP contribution in [0, 0.1) is 6.92 Å². The van der Waals surface area contributed by atoms with E-state index in [0.29, 0.717) is 11.6 Å². The lowest BCUT2D eigenvalue weighted by Gasteiger charge is -2.20. The van der Waals surface area contributed by atoms with Crippen LogP contribution in [0.1, 0.15) is 29.9 Å². The minimum atomic E-state index is -1.04. The molecule has 0 aliphatic rings. The number of aromatic carboxylic acids is 1. The second-order valence-corrected chi connectivity index (χ2v) is 4.78. The molecule has 0 aliphatic heterocycles. The standard InChI is InChI=1S/C16H19N3O2/c1-4-19(5-2)14-10-13(16(20)21)17-15(18-14)12-8-6-7-11(3)9-12/h6-10H,4-5H2,1-3H3,(H,20,21). The number of benzene rings is 1. The zero-order valence-electron chi connectivity index (χ0n) is 12.5. The highest BCUT2D eigenvalue weighted by Crippen LogP contribution is 2.21. The number of hydrogen-bond acceptors (Lipinski definition) is 4. The number of hydrogen-bond donors (Lipinski definition) is 1. The minimum absolute atomic E-state index is 0.0170. The van der Waals surface area contributed by atoms with Crippen LogP contribution in [0.3, 0.4) is 0 Å². The molecule has 5 nitrogen and oxygen atoms in total. The molecule has 0 atom stereocenters. The Morgan fingerprint density at radius 3 is 2.48 bits per heavy atom. The van der Waals surface area contributed by atoms with Gasteiger partial charge in [0.25, 0.3) is 0 Å². The summed E-state index contributed by atoms with van der Waals surface area (Å²) >= 11 is 0. The van der Waals surface area contributed by atoms with Gasteiger partial charge < -0.3 is 10.0 Å². The molecule has 0 aliphatic carbocycles. The molecule has 0 bridgehead atoms. The van der Waals surface area contributed by atoms with Gasteiger partial charge in [0.05, 0.1) is 0 Å². The fourth-order valence-corrected chi connectivity index (χ4v) is 2.17. The molecular weight excluding hydrogens is 266 g/mol. The molecule has 0 saturated carbocycles. The molecule has 1 N–H and O–H groups in total. The number of aromatic nitrogens is 2. The van der Waals surface area contributed by atoms with Gasteiger partial charge in [-0.05, 0) is 26.8 Å². The number of anilines is 1. The van der Waals surface area contributed by atoms with E-state index in [1.807, 2.05) is 49.9 Å². The molecule has 2 aromatic rings. The summed E-state index contributed by atoms with van der Waals surface area (Å²) in [6.07, 6.45) is 0. The number of rotatable bonds is 5. The van der Waals surface area contributed by atoms with E-state index in [2.05, 4.69) is 9.97 Å². The summed E-state index contributed by atoms with van der Waals surface area (Å²) in [5.41, 5.74) is 1.93. The lowest BCUT2D eigenvalue weighted by atomic mass is 10.1. The van der Waals surface area contributed by atoms with Crippen molar-refractivity contribution in [3.63, 3.8) is 0 Å². The summed E-state index contributed by atoms with van der Waals surface area (Å²) in [6, 6.07) is 9.26. The van der Waals surface area contributed by atoms with Gasteiger partial charge in [-0.1, -0.05) is 23.8 Å². The molecule has 0 unspecified atom stereocenters. The topological polar surface area (TPSA) is 66.3 Å². The van der Waals surface area contributed by atoms with Crippen molar-refractivity contribution in [1.29, 1.82) is 0 Å². The molecule has 2 rings (SSSR count). The number of nitrogens with zero attached hydrogens (tertiary/aromatic N) is 3. The fourth-order valence-electron chi connectivity index (χ4n) is 2.17. The zero-order chi connectivity index (χ0) is 15.4. The van der Waals surface area contributed by atoms with Crippen LogP contribution in [0.25, 0.3) is 11.4 Å². The van der Waals surface area contributed by atoms with E-state index in [1.165, 1.54) is 6.07 Å². The molecule has 0 saturated heterocycles. The van der Waals surface area contributed by atoms with Crippen LogP contribution in [-0.2, 0) is 0 Å². The fraction of sp³-hybridized carbons (Fsp3) is 0.312. The van der Waals surface area contributed by atoms with Crippen molar-refractivity contribution < 1.29 is 9.90 Å².